The molecule has 1 saturated heterocycles. The number of rotatable bonds is 5. The van der Waals surface area contributed by atoms with Crippen molar-refractivity contribution < 1.29 is 19.3 Å². The van der Waals surface area contributed by atoms with Gasteiger partial charge >= 0.3 is 6.03 Å². The van der Waals surface area contributed by atoms with Crippen molar-refractivity contribution in [1.82, 2.24) is 15.5 Å². The lowest BCUT2D eigenvalue weighted by atomic mass is 9.92. The van der Waals surface area contributed by atoms with Crippen LogP contribution in [0.5, 0.6) is 0 Å². The molecule has 1 aliphatic carbocycles. The van der Waals surface area contributed by atoms with E-state index in [1.807, 2.05) is 0 Å². The number of carbonyl (C=O) groups is 3. The molecule has 1 atom stereocenters. The summed E-state index contributed by atoms with van der Waals surface area (Å²) in [6.07, 6.45) is 6.26. The molecular formula is C19H24N4O5. The molecule has 9 heteroatoms. The van der Waals surface area contributed by atoms with Crippen LogP contribution in [0, 0.1) is 10.1 Å². The average Bonchev–Trinajstić information content (AvgIpc) is 2.85. The zero-order valence-electron chi connectivity index (χ0n) is 15.8. The maximum Gasteiger partial charge on any atom is 0.325 e. The Bertz CT molecular complexity index is 786. The van der Waals surface area contributed by atoms with Crippen molar-refractivity contribution in [1.29, 1.82) is 0 Å². The number of imide groups is 1. The number of hydrogen-bond acceptors (Lipinski definition) is 5. The minimum absolute atomic E-state index is 0.0804. The number of carbonyl (C=O) groups excluding carboxylic acids is 3. The molecule has 0 unspecified atom stereocenters. The van der Waals surface area contributed by atoms with Crippen molar-refractivity contribution in [2.75, 3.05) is 6.54 Å². The van der Waals surface area contributed by atoms with Gasteiger partial charge < -0.3 is 10.6 Å². The van der Waals surface area contributed by atoms with Crippen molar-refractivity contribution in [3.63, 3.8) is 0 Å². The molecule has 1 heterocycles. The van der Waals surface area contributed by atoms with Crippen LogP contribution in [-0.4, -0.2) is 40.3 Å². The zero-order chi connectivity index (χ0) is 20.3. The Morgan fingerprint density at radius 1 is 1.21 bits per heavy atom. The fraction of sp³-hybridized carbons (Fsp3) is 0.526. The number of nitro groups is 1. The van der Waals surface area contributed by atoms with Gasteiger partial charge in [0.05, 0.1) is 4.92 Å². The Kier molecular flexibility index (Phi) is 5.62. The van der Waals surface area contributed by atoms with Crippen molar-refractivity contribution in [2.45, 2.75) is 57.0 Å². The van der Waals surface area contributed by atoms with E-state index in [9.17, 15) is 24.5 Å². The molecule has 2 fully saturated rings. The smallest absolute Gasteiger partial charge is 0.325 e. The molecule has 9 nitrogen and oxygen atoms in total. The number of nitro benzene ring substituents is 1. The molecule has 0 radical (unpaired) electrons. The monoisotopic (exact) mass is 388 g/mol. The first-order valence-electron chi connectivity index (χ1n) is 9.49. The minimum atomic E-state index is -1.37. The van der Waals surface area contributed by atoms with Gasteiger partial charge in [-0.1, -0.05) is 25.7 Å². The van der Waals surface area contributed by atoms with E-state index in [2.05, 4.69) is 10.6 Å². The second-order valence-electron chi connectivity index (χ2n) is 7.51. The van der Waals surface area contributed by atoms with Crippen LogP contribution in [0.1, 0.15) is 51.0 Å². The molecule has 0 spiro atoms. The second-order valence-corrected chi connectivity index (χ2v) is 7.51. The number of nitrogens with zero attached hydrogens (tertiary/aromatic N) is 2. The fourth-order valence-electron chi connectivity index (χ4n) is 3.79. The van der Waals surface area contributed by atoms with Crippen LogP contribution in [0.25, 0.3) is 0 Å². The van der Waals surface area contributed by atoms with Gasteiger partial charge in [-0.15, -0.1) is 0 Å². The van der Waals surface area contributed by atoms with Crippen molar-refractivity contribution in [3.8, 4) is 0 Å². The van der Waals surface area contributed by atoms with Crippen LogP contribution >= 0.6 is 0 Å². The number of nitrogens with one attached hydrogen (secondary N) is 2. The van der Waals surface area contributed by atoms with Gasteiger partial charge in [0, 0.05) is 18.2 Å². The Morgan fingerprint density at radius 3 is 2.39 bits per heavy atom. The van der Waals surface area contributed by atoms with Gasteiger partial charge in [-0.2, -0.15) is 0 Å². The summed E-state index contributed by atoms with van der Waals surface area (Å²) in [6.45, 7) is 1.18. The number of amides is 4. The standard InChI is InChI=1S/C19H24N4O5/c1-19(13-8-10-15(11-9-13)23(27)28)17(25)22(18(26)21-19)12-16(24)20-14-6-4-2-3-5-7-14/h8-11,14H,2-7,12H2,1H3,(H,20,24)(H,21,26)/t19-/m0/s1. The highest BCUT2D eigenvalue weighted by molar-refractivity contribution is 6.09. The molecule has 1 aromatic carbocycles. The van der Waals surface area contributed by atoms with E-state index in [1.54, 1.807) is 0 Å². The molecule has 150 valence electrons. The maximum absolute atomic E-state index is 12.9. The highest BCUT2D eigenvalue weighted by Gasteiger charge is 2.49. The molecule has 1 saturated carbocycles. The largest absolute Gasteiger partial charge is 0.352 e. The summed E-state index contributed by atoms with van der Waals surface area (Å²) >= 11 is 0. The van der Waals surface area contributed by atoms with E-state index in [4.69, 9.17) is 0 Å². The number of urea groups is 1. The summed E-state index contributed by atoms with van der Waals surface area (Å²) in [5.74, 6) is -0.911. The fourth-order valence-corrected chi connectivity index (χ4v) is 3.79. The molecule has 1 aliphatic heterocycles. The number of non-ortho nitro benzene ring substituents is 1. The quantitative estimate of drug-likeness (QED) is 0.347. The molecular weight excluding hydrogens is 364 g/mol. The zero-order valence-corrected chi connectivity index (χ0v) is 15.8. The second kappa shape index (κ2) is 7.95. The Balaban J connectivity index is 1.68. The highest BCUT2D eigenvalue weighted by atomic mass is 16.6. The molecule has 28 heavy (non-hydrogen) atoms. The van der Waals surface area contributed by atoms with Gasteiger partial charge in [0.25, 0.3) is 11.6 Å². The van der Waals surface area contributed by atoms with Gasteiger partial charge in [0.15, 0.2) is 0 Å². The van der Waals surface area contributed by atoms with Gasteiger partial charge in [0.1, 0.15) is 12.1 Å². The predicted octanol–water partition coefficient (Wildman–Crippen LogP) is 2.20. The Labute approximate surface area is 162 Å². The Morgan fingerprint density at radius 2 is 1.82 bits per heavy atom. The van der Waals surface area contributed by atoms with Gasteiger partial charge in [0.2, 0.25) is 5.91 Å². The molecule has 4 amide bonds. The van der Waals surface area contributed by atoms with Gasteiger partial charge in [-0.25, -0.2) is 4.79 Å². The summed E-state index contributed by atoms with van der Waals surface area (Å²) < 4.78 is 0. The van der Waals surface area contributed by atoms with Gasteiger partial charge in [-0.05, 0) is 37.5 Å². The van der Waals surface area contributed by atoms with Crippen LogP contribution in [-0.2, 0) is 15.1 Å². The third-order valence-electron chi connectivity index (χ3n) is 5.45. The average molecular weight is 388 g/mol. The van der Waals surface area contributed by atoms with Crippen LogP contribution in [0.3, 0.4) is 0 Å². The van der Waals surface area contributed by atoms with E-state index in [-0.39, 0.29) is 24.2 Å². The lowest BCUT2D eigenvalue weighted by Gasteiger charge is -2.22. The van der Waals surface area contributed by atoms with Crippen molar-refractivity contribution in [2.24, 2.45) is 0 Å². The van der Waals surface area contributed by atoms with Gasteiger partial charge in [-0.3, -0.25) is 24.6 Å². The van der Waals surface area contributed by atoms with Crippen LogP contribution < -0.4 is 10.6 Å². The van der Waals surface area contributed by atoms with Crippen LogP contribution in [0.4, 0.5) is 10.5 Å². The lowest BCUT2D eigenvalue weighted by molar-refractivity contribution is -0.384. The normalized spacial score (nSPS) is 23.2. The first-order valence-corrected chi connectivity index (χ1v) is 9.49. The highest BCUT2D eigenvalue weighted by Crippen LogP contribution is 2.30. The molecule has 2 aliphatic rings. The van der Waals surface area contributed by atoms with Crippen LogP contribution in [0.15, 0.2) is 24.3 Å². The summed E-state index contributed by atoms with van der Waals surface area (Å²) in [5.41, 5.74) is -1.05. The third-order valence-corrected chi connectivity index (χ3v) is 5.45. The van der Waals surface area contributed by atoms with Crippen LogP contribution in [0.2, 0.25) is 0 Å². The van der Waals surface area contributed by atoms with Crippen molar-refractivity contribution >= 4 is 23.5 Å². The summed E-state index contributed by atoms with van der Waals surface area (Å²) in [5, 5.41) is 16.3. The van der Waals surface area contributed by atoms with E-state index >= 15 is 0 Å². The number of hydrogen-bond donors (Lipinski definition) is 2. The third kappa shape index (κ3) is 3.97. The van der Waals surface area contributed by atoms with E-state index < -0.39 is 22.4 Å². The molecule has 0 aromatic heterocycles. The topological polar surface area (TPSA) is 122 Å². The summed E-state index contributed by atoms with van der Waals surface area (Å²) in [7, 11) is 0. The molecule has 1 aromatic rings. The Hall–Kier alpha value is -2.97. The minimum Gasteiger partial charge on any atom is -0.352 e. The molecule has 2 N–H and O–H groups in total. The van der Waals surface area contributed by atoms with E-state index in [0.29, 0.717) is 5.56 Å². The number of benzene rings is 1. The SMILES string of the molecule is C[C@@]1(c2ccc([N+](=O)[O-])cc2)NC(=O)N(CC(=O)NC2CCCCCC2)C1=O. The molecule has 0 bridgehead atoms. The lowest BCUT2D eigenvalue weighted by Crippen LogP contribution is -2.45. The first kappa shape index (κ1) is 19.8. The summed E-state index contributed by atoms with van der Waals surface area (Å²) in [4.78, 5) is 48.7. The van der Waals surface area contributed by atoms with E-state index in [0.717, 1.165) is 43.4 Å². The predicted molar refractivity (Wildman–Crippen MR) is 100 cm³/mol. The summed E-state index contributed by atoms with van der Waals surface area (Å²) in [6, 6.07) is 4.86. The van der Waals surface area contributed by atoms with E-state index in [1.165, 1.54) is 31.2 Å². The maximum atomic E-state index is 12.9. The first-order chi connectivity index (χ1) is 13.3. The molecule has 3 rings (SSSR count). The van der Waals surface area contributed by atoms with Crippen molar-refractivity contribution in [3.05, 3.63) is 39.9 Å².